The van der Waals surface area contributed by atoms with Gasteiger partial charge in [-0.2, -0.15) is 10.5 Å². The molecule has 2 rings (SSSR count). The van der Waals surface area contributed by atoms with E-state index >= 15 is 0 Å². The summed E-state index contributed by atoms with van der Waals surface area (Å²) in [6, 6.07) is 4.47. The quantitative estimate of drug-likeness (QED) is 0.787. The summed E-state index contributed by atoms with van der Waals surface area (Å²) < 4.78 is 0. The fourth-order valence-corrected chi connectivity index (χ4v) is 2.00. The lowest BCUT2D eigenvalue weighted by Crippen LogP contribution is -2.39. The van der Waals surface area contributed by atoms with E-state index in [1.807, 2.05) is 6.07 Å². The third-order valence-electron chi connectivity index (χ3n) is 3.00. The van der Waals surface area contributed by atoms with E-state index in [0.717, 1.165) is 25.9 Å². The third-order valence-corrected chi connectivity index (χ3v) is 3.00. The standard InChI is InChI=1S/C12H14N6/c13-3-6-18-4-1-10(2-5-18)17-12-9-15-11(7-14)8-16-12/h8-10H,1-2,4-6H2,(H,16,17). The average molecular weight is 242 g/mol. The van der Waals surface area contributed by atoms with Crippen molar-refractivity contribution in [3.63, 3.8) is 0 Å². The van der Waals surface area contributed by atoms with Gasteiger partial charge in [0.25, 0.3) is 0 Å². The molecule has 0 saturated carbocycles. The van der Waals surface area contributed by atoms with Crippen molar-refractivity contribution in [2.45, 2.75) is 18.9 Å². The molecule has 0 aliphatic carbocycles. The predicted octanol–water partition coefficient (Wildman–Crippen LogP) is 0.748. The topological polar surface area (TPSA) is 88.6 Å². The normalized spacial score (nSPS) is 16.8. The van der Waals surface area contributed by atoms with Crippen molar-refractivity contribution in [2.75, 3.05) is 25.0 Å². The molecule has 0 spiro atoms. The van der Waals surface area contributed by atoms with E-state index in [9.17, 15) is 0 Å². The highest BCUT2D eigenvalue weighted by atomic mass is 15.1. The Bertz CT molecular complexity index is 461. The Morgan fingerprint density at radius 1 is 1.28 bits per heavy atom. The molecule has 1 aromatic heterocycles. The van der Waals surface area contributed by atoms with E-state index in [2.05, 4.69) is 26.3 Å². The van der Waals surface area contributed by atoms with Gasteiger partial charge < -0.3 is 5.32 Å². The number of nitriles is 2. The number of likely N-dealkylation sites (tertiary alicyclic amines) is 1. The van der Waals surface area contributed by atoms with Crippen LogP contribution >= 0.6 is 0 Å². The lowest BCUT2D eigenvalue weighted by atomic mass is 10.1. The first kappa shape index (κ1) is 12.3. The minimum Gasteiger partial charge on any atom is -0.366 e. The van der Waals surface area contributed by atoms with E-state index < -0.39 is 0 Å². The van der Waals surface area contributed by atoms with Crippen molar-refractivity contribution < 1.29 is 0 Å². The van der Waals surface area contributed by atoms with E-state index in [-0.39, 0.29) is 0 Å². The molecule has 0 radical (unpaired) electrons. The maximum Gasteiger partial charge on any atom is 0.158 e. The zero-order chi connectivity index (χ0) is 12.8. The second kappa shape index (κ2) is 5.95. The third kappa shape index (κ3) is 3.16. The molecule has 0 aromatic carbocycles. The van der Waals surface area contributed by atoms with Gasteiger partial charge in [0.15, 0.2) is 5.69 Å². The first-order valence-electron chi connectivity index (χ1n) is 5.90. The molecule has 1 aliphatic heterocycles. The number of nitrogens with zero attached hydrogens (tertiary/aromatic N) is 5. The minimum atomic E-state index is 0.324. The molecule has 1 aliphatic rings. The Morgan fingerprint density at radius 2 is 2.06 bits per heavy atom. The molecule has 1 saturated heterocycles. The Morgan fingerprint density at radius 3 is 2.61 bits per heavy atom. The summed E-state index contributed by atoms with van der Waals surface area (Å²) in [5, 5.41) is 20.5. The molecule has 0 atom stereocenters. The van der Waals surface area contributed by atoms with Gasteiger partial charge in [-0.3, -0.25) is 4.90 Å². The highest BCUT2D eigenvalue weighted by molar-refractivity contribution is 5.34. The van der Waals surface area contributed by atoms with Crippen LogP contribution < -0.4 is 5.32 Å². The lowest BCUT2D eigenvalue weighted by Gasteiger charge is -2.30. The molecule has 2 heterocycles. The number of rotatable bonds is 3. The number of piperidine rings is 1. The number of nitrogens with one attached hydrogen (secondary N) is 1. The van der Waals surface area contributed by atoms with Crippen LogP contribution in [0.5, 0.6) is 0 Å². The van der Waals surface area contributed by atoms with Crippen molar-refractivity contribution in [1.29, 1.82) is 10.5 Å². The average Bonchev–Trinajstić information content (AvgIpc) is 2.42. The highest BCUT2D eigenvalue weighted by Crippen LogP contribution is 2.14. The first-order chi connectivity index (χ1) is 8.81. The molecule has 0 unspecified atom stereocenters. The van der Waals surface area contributed by atoms with Crippen molar-refractivity contribution in [1.82, 2.24) is 14.9 Å². The van der Waals surface area contributed by atoms with Crippen molar-refractivity contribution in [3.8, 4) is 12.1 Å². The van der Waals surface area contributed by atoms with Crippen LogP contribution in [0.25, 0.3) is 0 Å². The molecular formula is C12H14N6. The van der Waals surface area contributed by atoms with Gasteiger partial charge in [0.2, 0.25) is 0 Å². The molecule has 1 N–H and O–H groups in total. The van der Waals surface area contributed by atoms with Crippen molar-refractivity contribution in [3.05, 3.63) is 18.1 Å². The molecule has 0 amide bonds. The summed E-state index contributed by atoms with van der Waals surface area (Å²) in [4.78, 5) is 10.2. The molecule has 18 heavy (non-hydrogen) atoms. The van der Waals surface area contributed by atoms with E-state index in [1.165, 1.54) is 6.20 Å². The summed E-state index contributed by atoms with van der Waals surface area (Å²) >= 11 is 0. The monoisotopic (exact) mass is 242 g/mol. The second-order valence-corrected chi connectivity index (χ2v) is 4.25. The molecule has 1 aromatic rings. The number of hydrogen-bond acceptors (Lipinski definition) is 6. The smallest absolute Gasteiger partial charge is 0.158 e. The van der Waals surface area contributed by atoms with Crippen LogP contribution in [0.3, 0.4) is 0 Å². The van der Waals surface area contributed by atoms with Gasteiger partial charge in [0.05, 0.1) is 25.0 Å². The number of hydrogen-bond donors (Lipinski definition) is 1. The summed E-state index contributed by atoms with van der Waals surface area (Å²) in [6.07, 6.45) is 5.03. The van der Waals surface area contributed by atoms with Gasteiger partial charge in [-0.25, -0.2) is 9.97 Å². The van der Waals surface area contributed by atoms with E-state index in [1.54, 1.807) is 6.20 Å². The maximum absolute atomic E-state index is 8.62. The molecule has 1 fully saturated rings. The largest absolute Gasteiger partial charge is 0.366 e. The second-order valence-electron chi connectivity index (χ2n) is 4.25. The van der Waals surface area contributed by atoms with Gasteiger partial charge in [0.1, 0.15) is 11.9 Å². The molecule has 0 bridgehead atoms. The van der Waals surface area contributed by atoms with Crippen LogP contribution in [0.1, 0.15) is 18.5 Å². The Hall–Kier alpha value is -2.18. The van der Waals surface area contributed by atoms with E-state index in [4.69, 9.17) is 10.5 Å². The molecule has 92 valence electrons. The van der Waals surface area contributed by atoms with Crippen LogP contribution in [-0.2, 0) is 0 Å². The zero-order valence-electron chi connectivity index (χ0n) is 10.0. The Labute approximate surface area is 106 Å². The number of anilines is 1. The van der Waals surface area contributed by atoms with Gasteiger partial charge in [0, 0.05) is 19.1 Å². The van der Waals surface area contributed by atoms with Gasteiger partial charge in [-0.05, 0) is 12.8 Å². The summed E-state index contributed by atoms with van der Waals surface area (Å²) in [6.45, 7) is 2.35. The lowest BCUT2D eigenvalue weighted by molar-refractivity contribution is 0.242. The molecule has 6 heteroatoms. The van der Waals surface area contributed by atoms with Crippen LogP contribution in [-0.4, -0.2) is 40.5 Å². The molecular weight excluding hydrogens is 228 g/mol. The summed E-state index contributed by atoms with van der Waals surface area (Å²) in [5.41, 5.74) is 0.324. The van der Waals surface area contributed by atoms with Crippen LogP contribution in [0.15, 0.2) is 12.4 Å². The maximum atomic E-state index is 8.62. The minimum absolute atomic E-state index is 0.324. The fourth-order valence-electron chi connectivity index (χ4n) is 2.00. The van der Waals surface area contributed by atoms with Crippen LogP contribution in [0.2, 0.25) is 0 Å². The summed E-state index contributed by atoms with van der Waals surface area (Å²) in [7, 11) is 0. The Balaban J connectivity index is 1.84. The van der Waals surface area contributed by atoms with Crippen molar-refractivity contribution in [2.24, 2.45) is 0 Å². The highest BCUT2D eigenvalue weighted by Gasteiger charge is 2.18. The van der Waals surface area contributed by atoms with Gasteiger partial charge in [-0.15, -0.1) is 0 Å². The fraction of sp³-hybridized carbons (Fsp3) is 0.500. The van der Waals surface area contributed by atoms with Gasteiger partial charge in [-0.1, -0.05) is 0 Å². The van der Waals surface area contributed by atoms with Crippen molar-refractivity contribution >= 4 is 5.82 Å². The van der Waals surface area contributed by atoms with E-state index in [0.29, 0.717) is 24.1 Å². The Kier molecular flexibility index (Phi) is 4.06. The first-order valence-corrected chi connectivity index (χ1v) is 5.90. The SMILES string of the molecule is N#CCN1CCC(Nc2cnc(C#N)cn2)CC1. The zero-order valence-corrected chi connectivity index (χ0v) is 10.0. The predicted molar refractivity (Wildman–Crippen MR) is 65.4 cm³/mol. The molecule has 6 nitrogen and oxygen atoms in total. The summed E-state index contributed by atoms with van der Waals surface area (Å²) in [5.74, 6) is 0.702. The van der Waals surface area contributed by atoms with Gasteiger partial charge >= 0.3 is 0 Å². The van der Waals surface area contributed by atoms with Crippen LogP contribution in [0, 0.1) is 22.7 Å². The number of aromatic nitrogens is 2. The van der Waals surface area contributed by atoms with Crippen LogP contribution in [0.4, 0.5) is 5.82 Å².